The number of alkyl halides is 3. The Balaban J connectivity index is 1.57. The fourth-order valence-corrected chi connectivity index (χ4v) is 3.02. The maximum absolute atomic E-state index is 13.4. The minimum absolute atomic E-state index is 0.207. The number of likely N-dealkylation sites (tertiary alicyclic amines) is 1. The largest absolute Gasteiger partial charge is 0.416 e. The van der Waals surface area contributed by atoms with Crippen molar-refractivity contribution in [1.82, 2.24) is 14.7 Å². The minimum atomic E-state index is -4.67. The molecule has 0 aliphatic carbocycles. The molecule has 1 aliphatic heterocycles. The third-order valence-electron chi connectivity index (χ3n) is 4.38. The van der Waals surface area contributed by atoms with Crippen molar-refractivity contribution in [3.8, 4) is 0 Å². The van der Waals surface area contributed by atoms with Crippen molar-refractivity contribution in [2.75, 3.05) is 18.4 Å². The molecular formula is C17H18F4N4O. The van der Waals surface area contributed by atoms with E-state index in [4.69, 9.17) is 0 Å². The van der Waals surface area contributed by atoms with Gasteiger partial charge in [0.2, 0.25) is 0 Å². The number of nitrogens with one attached hydrogen (secondary N) is 1. The normalized spacial score (nSPS) is 15.9. The van der Waals surface area contributed by atoms with Crippen LogP contribution in [-0.2, 0) is 12.7 Å². The first-order valence-electron chi connectivity index (χ1n) is 8.22. The molecule has 0 bridgehead atoms. The van der Waals surface area contributed by atoms with Crippen LogP contribution in [-0.4, -0.2) is 33.8 Å². The Bertz CT molecular complexity index is 753. The van der Waals surface area contributed by atoms with Gasteiger partial charge in [0, 0.05) is 37.7 Å². The van der Waals surface area contributed by atoms with Crippen LogP contribution in [0.4, 0.5) is 28.0 Å². The zero-order valence-corrected chi connectivity index (χ0v) is 13.8. The first-order valence-corrected chi connectivity index (χ1v) is 8.22. The second-order valence-electron chi connectivity index (χ2n) is 6.32. The molecule has 1 saturated heterocycles. The Morgan fingerprint density at radius 3 is 2.58 bits per heavy atom. The number of carbonyl (C=O) groups is 1. The monoisotopic (exact) mass is 370 g/mol. The molecule has 0 radical (unpaired) electrons. The fraction of sp³-hybridized carbons (Fsp3) is 0.412. The van der Waals surface area contributed by atoms with E-state index in [-0.39, 0.29) is 5.69 Å². The first kappa shape index (κ1) is 18.2. The number of benzene rings is 1. The second kappa shape index (κ2) is 7.35. The number of anilines is 1. The van der Waals surface area contributed by atoms with E-state index in [2.05, 4.69) is 10.4 Å². The molecule has 3 rings (SSSR count). The average molecular weight is 370 g/mol. The van der Waals surface area contributed by atoms with E-state index in [0.717, 1.165) is 31.5 Å². The molecule has 0 saturated carbocycles. The summed E-state index contributed by atoms with van der Waals surface area (Å²) in [5.74, 6) is -0.669. The van der Waals surface area contributed by atoms with Crippen molar-refractivity contribution in [2.24, 2.45) is 5.92 Å². The topological polar surface area (TPSA) is 50.2 Å². The predicted octanol–water partition coefficient (Wildman–Crippen LogP) is 3.99. The summed E-state index contributed by atoms with van der Waals surface area (Å²) < 4.78 is 53.5. The lowest BCUT2D eigenvalue weighted by Crippen LogP contribution is -2.41. The third-order valence-corrected chi connectivity index (χ3v) is 4.38. The van der Waals surface area contributed by atoms with E-state index < -0.39 is 23.6 Å². The van der Waals surface area contributed by atoms with Crippen LogP contribution >= 0.6 is 0 Å². The van der Waals surface area contributed by atoms with E-state index >= 15 is 0 Å². The van der Waals surface area contributed by atoms with Crippen molar-refractivity contribution in [1.29, 1.82) is 0 Å². The number of hydrogen-bond acceptors (Lipinski definition) is 2. The van der Waals surface area contributed by atoms with Gasteiger partial charge in [0.15, 0.2) is 0 Å². The summed E-state index contributed by atoms with van der Waals surface area (Å²) in [6.45, 7) is 1.74. The lowest BCUT2D eigenvalue weighted by Gasteiger charge is -2.32. The summed E-state index contributed by atoms with van der Waals surface area (Å²) in [5, 5.41) is 6.51. The number of rotatable bonds is 3. The number of carbonyl (C=O) groups excluding carboxylic acids is 1. The van der Waals surface area contributed by atoms with Gasteiger partial charge >= 0.3 is 12.2 Å². The van der Waals surface area contributed by atoms with Gasteiger partial charge in [-0.25, -0.2) is 9.18 Å². The van der Waals surface area contributed by atoms with Gasteiger partial charge in [-0.3, -0.25) is 4.68 Å². The number of nitrogens with zero attached hydrogens (tertiary/aromatic N) is 3. The molecule has 0 atom stereocenters. The average Bonchev–Trinajstić information content (AvgIpc) is 3.07. The third kappa shape index (κ3) is 4.53. The minimum Gasteiger partial charge on any atom is -0.325 e. The molecule has 1 aromatic heterocycles. The summed E-state index contributed by atoms with van der Waals surface area (Å²) in [6, 6.07) is 3.32. The Kier molecular flexibility index (Phi) is 5.15. The maximum atomic E-state index is 13.4. The van der Waals surface area contributed by atoms with Crippen molar-refractivity contribution in [3.05, 3.63) is 48.0 Å². The van der Waals surface area contributed by atoms with Crippen molar-refractivity contribution < 1.29 is 22.4 Å². The summed E-state index contributed by atoms with van der Waals surface area (Å²) in [5.41, 5.74) is -1.34. The lowest BCUT2D eigenvalue weighted by atomic mass is 9.97. The Hall–Kier alpha value is -2.58. The zero-order chi connectivity index (χ0) is 18.7. The number of aromatic nitrogens is 2. The van der Waals surface area contributed by atoms with Crippen LogP contribution < -0.4 is 5.32 Å². The molecule has 9 heteroatoms. The van der Waals surface area contributed by atoms with Gasteiger partial charge in [-0.15, -0.1) is 0 Å². The van der Waals surface area contributed by atoms with Crippen LogP contribution in [0.15, 0.2) is 36.7 Å². The van der Waals surface area contributed by atoms with E-state index in [1.165, 1.54) is 4.90 Å². The van der Waals surface area contributed by atoms with Crippen molar-refractivity contribution >= 4 is 11.7 Å². The molecule has 0 unspecified atom stereocenters. The van der Waals surface area contributed by atoms with Gasteiger partial charge < -0.3 is 10.2 Å². The quantitative estimate of drug-likeness (QED) is 0.831. The highest BCUT2D eigenvalue weighted by Gasteiger charge is 2.32. The standard InChI is InChI=1S/C17H18F4N4O/c18-14-8-13(17(19,20)21)9-15(10-14)23-16(26)24-6-2-12(3-7-24)11-25-5-1-4-22-25/h1,4-5,8-10,12H,2-3,6-7,11H2,(H,23,26). The van der Waals surface area contributed by atoms with Crippen LogP contribution in [0.25, 0.3) is 0 Å². The molecule has 2 amide bonds. The number of urea groups is 1. The highest BCUT2D eigenvalue weighted by Crippen LogP contribution is 2.31. The Labute approximate surface area is 147 Å². The predicted molar refractivity (Wildman–Crippen MR) is 86.9 cm³/mol. The zero-order valence-electron chi connectivity index (χ0n) is 13.8. The van der Waals surface area contributed by atoms with Crippen LogP contribution in [0.5, 0.6) is 0 Å². The van der Waals surface area contributed by atoms with Crippen molar-refractivity contribution in [2.45, 2.75) is 25.6 Å². The summed E-state index contributed by atoms with van der Waals surface area (Å²) in [4.78, 5) is 13.8. The highest BCUT2D eigenvalue weighted by molar-refractivity contribution is 5.89. The van der Waals surface area contributed by atoms with Gasteiger partial charge in [0.1, 0.15) is 5.82 Å². The number of hydrogen-bond donors (Lipinski definition) is 1. The molecule has 1 N–H and O–H groups in total. The molecule has 1 fully saturated rings. The number of piperidine rings is 1. The molecule has 1 aromatic carbocycles. The number of amides is 2. The molecule has 26 heavy (non-hydrogen) atoms. The van der Waals surface area contributed by atoms with E-state index in [1.807, 2.05) is 16.9 Å². The SMILES string of the molecule is O=C(Nc1cc(F)cc(C(F)(F)F)c1)N1CCC(Cn2cccn2)CC1. The van der Waals surface area contributed by atoms with E-state index in [0.29, 0.717) is 25.1 Å². The van der Waals surface area contributed by atoms with Crippen LogP contribution in [0.1, 0.15) is 18.4 Å². The molecule has 140 valence electrons. The smallest absolute Gasteiger partial charge is 0.325 e. The maximum Gasteiger partial charge on any atom is 0.416 e. The van der Waals surface area contributed by atoms with Gasteiger partial charge in [-0.1, -0.05) is 0 Å². The van der Waals surface area contributed by atoms with Gasteiger partial charge in [0.25, 0.3) is 0 Å². The van der Waals surface area contributed by atoms with Gasteiger partial charge in [0.05, 0.1) is 5.56 Å². The molecule has 2 heterocycles. The Morgan fingerprint density at radius 2 is 1.96 bits per heavy atom. The summed E-state index contributed by atoms with van der Waals surface area (Å²) >= 11 is 0. The van der Waals surface area contributed by atoms with Crippen LogP contribution in [0.3, 0.4) is 0 Å². The van der Waals surface area contributed by atoms with Crippen LogP contribution in [0, 0.1) is 11.7 Å². The molecule has 2 aromatic rings. The number of halogens is 4. The van der Waals surface area contributed by atoms with Crippen LogP contribution in [0.2, 0.25) is 0 Å². The van der Waals surface area contributed by atoms with Gasteiger partial charge in [-0.05, 0) is 43.0 Å². The van der Waals surface area contributed by atoms with Crippen molar-refractivity contribution in [3.63, 3.8) is 0 Å². The Morgan fingerprint density at radius 1 is 1.23 bits per heavy atom. The summed E-state index contributed by atoms with van der Waals surface area (Å²) in [7, 11) is 0. The van der Waals surface area contributed by atoms with E-state index in [9.17, 15) is 22.4 Å². The lowest BCUT2D eigenvalue weighted by molar-refractivity contribution is -0.137. The molecular weight excluding hydrogens is 352 g/mol. The highest BCUT2D eigenvalue weighted by atomic mass is 19.4. The molecule has 5 nitrogen and oxygen atoms in total. The summed E-state index contributed by atoms with van der Waals surface area (Å²) in [6.07, 6.45) is 0.443. The first-order chi connectivity index (χ1) is 12.3. The fourth-order valence-electron chi connectivity index (χ4n) is 3.02. The van der Waals surface area contributed by atoms with Gasteiger partial charge in [-0.2, -0.15) is 18.3 Å². The van der Waals surface area contributed by atoms with E-state index in [1.54, 1.807) is 6.20 Å². The molecule has 0 spiro atoms. The second-order valence-corrected chi connectivity index (χ2v) is 6.32. The molecule has 1 aliphatic rings.